The number of hydrogen-bond donors (Lipinski definition) is 4. The molecule has 9 nitrogen and oxygen atoms in total. The average Bonchev–Trinajstić information content (AvgIpc) is 2.78. The summed E-state index contributed by atoms with van der Waals surface area (Å²) in [4.78, 5) is 13.0. The lowest BCUT2D eigenvalue weighted by atomic mass is 10.1. The number of amides is 1. The lowest BCUT2D eigenvalue weighted by Gasteiger charge is -2.26. The van der Waals surface area contributed by atoms with Crippen molar-refractivity contribution < 1.29 is 31.9 Å². The van der Waals surface area contributed by atoms with Gasteiger partial charge in [0.1, 0.15) is 4.90 Å². The fraction of sp³-hybridized carbons (Fsp3) is 0.316. The molecule has 0 aromatic heterocycles. The van der Waals surface area contributed by atoms with Gasteiger partial charge >= 0.3 is 0 Å². The molecule has 180 valence electrons. The number of carbonyl (C=O) groups excluding carboxylic acids is 1. The highest BCUT2D eigenvalue weighted by atomic mass is 127. The molecule has 3 rings (SSSR count). The van der Waals surface area contributed by atoms with E-state index in [0.717, 1.165) is 3.57 Å². The van der Waals surface area contributed by atoms with Gasteiger partial charge in [0.25, 0.3) is 5.91 Å². The zero-order valence-electron chi connectivity index (χ0n) is 17.0. The Kier molecular flexibility index (Phi) is 8.82. The maximum atomic E-state index is 15.0. The van der Waals surface area contributed by atoms with Crippen LogP contribution in [0.4, 0.5) is 20.2 Å². The van der Waals surface area contributed by atoms with Crippen LogP contribution >= 0.6 is 34.2 Å². The number of morpholine rings is 1. The van der Waals surface area contributed by atoms with E-state index >= 15 is 4.39 Å². The van der Waals surface area contributed by atoms with Crippen molar-refractivity contribution in [1.29, 1.82) is 0 Å². The summed E-state index contributed by atoms with van der Waals surface area (Å²) in [7, 11) is -4.52. The van der Waals surface area contributed by atoms with Crippen molar-refractivity contribution in [3.05, 3.63) is 50.1 Å². The molecule has 0 saturated carbocycles. The fourth-order valence-corrected chi connectivity index (χ4v) is 5.14. The third kappa shape index (κ3) is 6.29. The van der Waals surface area contributed by atoms with Crippen molar-refractivity contribution in [3.8, 4) is 0 Å². The van der Waals surface area contributed by atoms with Crippen molar-refractivity contribution >= 4 is 61.5 Å². The summed E-state index contributed by atoms with van der Waals surface area (Å²) >= 11 is 8.11. The molecule has 0 bridgehead atoms. The predicted octanol–water partition coefficient (Wildman–Crippen LogP) is 2.70. The number of rotatable bonds is 8. The van der Waals surface area contributed by atoms with Crippen molar-refractivity contribution in [2.75, 3.05) is 44.7 Å². The Morgan fingerprint density at radius 2 is 1.91 bits per heavy atom. The number of ether oxygens (including phenoxy) is 1. The lowest BCUT2D eigenvalue weighted by molar-refractivity contribution is 0.0390. The number of hydrogen-bond acceptors (Lipinski definition) is 7. The smallest absolute Gasteiger partial charge is 0.276 e. The second kappa shape index (κ2) is 11.2. The normalized spacial score (nSPS) is 14.8. The van der Waals surface area contributed by atoms with Crippen LogP contribution in [0.25, 0.3) is 0 Å². The molecule has 1 heterocycles. The van der Waals surface area contributed by atoms with Crippen LogP contribution in [0.15, 0.2) is 29.2 Å². The van der Waals surface area contributed by atoms with Crippen molar-refractivity contribution in [2.45, 2.75) is 4.90 Å². The maximum absolute atomic E-state index is 15.0. The Morgan fingerprint density at radius 1 is 1.21 bits per heavy atom. The van der Waals surface area contributed by atoms with Gasteiger partial charge in [-0.3, -0.25) is 14.9 Å². The largest absolute Gasteiger partial charge is 0.379 e. The van der Waals surface area contributed by atoms with Gasteiger partial charge < -0.3 is 10.1 Å². The fourth-order valence-electron chi connectivity index (χ4n) is 3.13. The van der Waals surface area contributed by atoms with Gasteiger partial charge in [0.2, 0.25) is 10.0 Å². The minimum absolute atomic E-state index is 0.0663. The highest BCUT2D eigenvalue weighted by molar-refractivity contribution is 14.1. The van der Waals surface area contributed by atoms with E-state index in [1.54, 1.807) is 12.1 Å². The second-order valence-electron chi connectivity index (χ2n) is 6.97. The van der Waals surface area contributed by atoms with Crippen LogP contribution in [-0.2, 0) is 14.8 Å². The molecule has 4 N–H and O–H groups in total. The molecule has 1 fully saturated rings. The standard InChI is InChI=1S/C19H20ClF2IN4O5S/c20-13-9-11(23)1-2-14(13)25-18-12(19(28)26-29)10-15(16(21)17(18)22)33(30,31)24-3-4-27-5-7-32-8-6-27/h1-2,9-10,24-25,29H,3-8H2,(H,26,28). The summed E-state index contributed by atoms with van der Waals surface area (Å²) in [5.41, 5.74) is 0.122. The molecule has 0 atom stereocenters. The van der Waals surface area contributed by atoms with E-state index in [0.29, 0.717) is 38.9 Å². The van der Waals surface area contributed by atoms with E-state index < -0.39 is 43.7 Å². The highest BCUT2D eigenvalue weighted by Crippen LogP contribution is 2.33. The van der Waals surface area contributed by atoms with E-state index in [1.165, 1.54) is 11.5 Å². The van der Waals surface area contributed by atoms with Gasteiger partial charge in [-0.1, -0.05) is 11.6 Å². The topological polar surface area (TPSA) is 120 Å². The average molecular weight is 617 g/mol. The molecule has 0 aliphatic carbocycles. The van der Waals surface area contributed by atoms with E-state index in [1.807, 2.05) is 27.5 Å². The molecule has 0 radical (unpaired) electrons. The first-order valence-electron chi connectivity index (χ1n) is 9.62. The summed E-state index contributed by atoms with van der Waals surface area (Å²) in [6.45, 7) is 2.54. The lowest BCUT2D eigenvalue weighted by Crippen LogP contribution is -2.41. The van der Waals surface area contributed by atoms with E-state index in [4.69, 9.17) is 21.5 Å². The van der Waals surface area contributed by atoms with Gasteiger partial charge in [-0.05, 0) is 46.9 Å². The second-order valence-corrected chi connectivity index (χ2v) is 10.4. The van der Waals surface area contributed by atoms with Crippen molar-refractivity contribution in [1.82, 2.24) is 15.1 Å². The molecule has 1 saturated heterocycles. The molecule has 14 heteroatoms. The number of sulfonamides is 1. The molecule has 0 unspecified atom stereocenters. The number of hydroxylamine groups is 1. The van der Waals surface area contributed by atoms with Crippen LogP contribution in [-0.4, -0.2) is 63.8 Å². The molecule has 1 aliphatic heterocycles. The number of anilines is 2. The molecular formula is C19H20ClF2IN4O5S. The summed E-state index contributed by atoms with van der Waals surface area (Å²) < 4.78 is 63.4. The number of halogens is 4. The van der Waals surface area contributed by atoms with Crippen LogP contribution in [0.5, 0.6) is 0 Å². The van der Waals surface area contributed by atoms with Gasteiger partial charge in [0, 0.05) is 29.7 Å². The van der Waals surface area contributed by atoms with E-state index in [9.17, 15) is 17.6 Å². The van der Waals surface area contributed by atoms with Crippen molar-refractivity contribution in [3.63, 3.8) is 0 Å². The first kappa shape index (κ1) is 26.0. The summed E-state index contributed by atoms with van der Waals surface area (Å²) in [6.07, 6.45) is 0. The zero-order chi connectivity index (χ0) is 24.2. The number of nitrogens with one attached hydrogen (secondary N) is 3. The third-order valence-corrected chi connectivity index (χ3v) is 7.27. The minimum Gasteiger partial charge on any atom is -0.379 e. The van der Waals surface area contributed by atoms with Crippen LogP contribution in [0.2, 0.25) is 5.02 Å². The monoisotopic (exact) mass is 616 g/mol. The first-order valence-corrected chi connectivity index (χ1v) is 12.6. The quantitative estimate of drug-likeness (QED) is 0.205. The molecule has 33 heavy (non-hydrogen) atoms. The zero-order valence-corrected chi connectivity index (χ0v) is 20.7. The Balaban J connectivity index is 1.92. The maximum Gasteiger partial charge on any atom is 0.276 e. The molecule has 1 amide bonds. The molecular weight excluding hydrogens is 597 g/mol. The van der Waals surface area contributed by atoms with Crippen molar-refractivity contribution in [2.24, 2.45) is 0 Å². The summed E-state index contributed by atoms with van der Waals surface area (Å²) in [5.74, 6) is -4.56. The van der Waals surface area contributed by atoms with Gasteiger partial charge in [-0.15, -0.1) is 0 Å². The predicted molar refractivity (Wildman–Crippen MR) is 126 cm³/mol. The van der Waals surface area contributed by atoms with Crippen LogP contribution < -0.4 is 15.5 Å². The SMILES string of the molecule is O=C(NO)c1cc(S(=O)(=O)NCCN2CCOCC2)c(F)c(F)c1Nc1ccc(I)cc1Cl. The molecule has 0 spiro atoms. The number of nitrogens with zero attached hydrogens (tertiary/aromatic N) is 1. The molecule has 2 aromatic rings. The van der Waals surface area contributed by atoms with Gasteiger partial charge in [-0.2, -0.15) is 0 Å². The molecule has 1 aliphatic rings. The minimum atomic E-state index is -4.52. The van der Waals surface area contributed by atoms with Crippen LogP contribution in [0.3, 0.4) is 0 Å². The van der Waals surface area contributed by atoms with Crippen LogP contribution in [0.1, 0.15) is 10.4 Å². The van der Waals surface area contributed by atoms with E-state index in [2.05, 4.69) is 10.0 Å². The summed E-state index contributed by atoms with van der Waals surface area (Å²) in [6, 6.07) is 5.29. The van der Waals surface area contributed by atoms with Gasteiger partial charge in [0.05, 0.1) is 35.2 Å². The Labute approximate surface area is 207 Å². The number of benzene rings is 2. The summed E-state index contributed by atoms with van der Waals surface area (Å²) in [5, 5.41) is 11.7. The van der Waals surface area contributed by atoms with Crippen LogP contribution in [0, 0.1) is 15.2 Å². The highest BCUT2D eigenvalue weighted by Gasteiger charge is 2.29. The Bertz CT molecular complexity index is 1150. The first-order chi connectivity index (χ1) is 15.6. The number of carbonyl (C=O) groups is 1. The van der Waals surface area contributed by atoms with E-state index in [-0.39, 0.29) is 17.3 Å². The third-order valence-electron chi connectivity index (χ3n) is 4.82. The Morgan fingerprint density at radius 3 is 2.55 bits per heavy atom. The Hall–Kier alpha value is -1.62. The van der Waals surface area contributed by atoms with Gasteiger partial charge in [-0.25, -0.2) is 27.4 Å². The van der Waals surface area contributed by atoms with Gasteiger partial charge in [0.15, 0.2) is 11.6 Å². The molecule has 2 aromatic carbocycles.